The van der Waals surface area contributed by atoms with E-state index in [1.807, 2.05) is 12.1 Å². The summed E-state index contributed by atoms with van der Waals surface area (Å²) in [5.74, 6) is 0.783. The summed E-state index contributed by atoms with van der Waals surface area (Å²) >= 11 is 0. The van der Waals surface area contributed by atoms with E-state index >= 15 is 0 Å². The Kier molecular flexibility index (Phi) is 19.4. The van der Waals surface area contributed by atoms with E-state index in [0.717, 1.165) is 24.5 Å². The number of hydrogen-bond donors (Lipinski definition) is 1. The van der Waals surface area contributed by atoms with Crippen molar-refractivity contribution in [2.45, 2.75) is 26.2 Å². The summed E-state index contributed by atoms with van der Waals surface area (Å²) < 4.78 is 38.2. The Labute approximate surface area is 187 Å². The highest BCUT2D eigenvalue weighted by atomic mass is 16.6. The minimum atomic E-state index is 0.491. The fraction of sp³-hybridized carbons (Fsp3) is 0.739. The molecule has 0 fully saturated rings. The first-order valence-corrected chi connectivity index (χ1v) is 11.3. The van der Waals surface area contributed by atoms with Gasteiger partial charge in [0.15, 0.2) is 0 Å². The zero-order valence-electron chi connectivity index (χ0n) is 19.1. The molecule has 0 aliphatic heterocycles. The van der Waals surface area contributed by atoms with Gasteiger partial charge in [-0.1, -0.05) is 19.8 Å². The molecule has 8 heteroatoms. The molecule has 0 spiro atoms. The third-order valence-corrected chi connectivity index (χ3v) is 4.13. The maximum atomic E-state index is 5.62. The lowest BCUT2D eigenvalue weighted by molar-refractivity contribution is -0.0179. The van der Waals surface area contributed by atoms with Crippen molar-refractivity contribution in [1.82, 2.24) is 0 Å². The second-order valence-electron chi connectivity index (χ2n) is 6.80. The Balaban J connectivity index is 1.68. The SMILES string of the molecule is CCCCCOCCOCCOCCOCCOCCOCCOc1ccc(N)cc1. The van der Waals surface area contributed by atoms with Gasteiger partial charge in [0.25, 0.3) is 0 Å². The zero-order valence-corrected chi connectivity index (χ0v) is 19.1. The maximum absolute atomic E-state index is 5.62. The van der Waals surface area contributed by atoms with Crippen molar-refractivity contribution in [3.63, 3.8) is 0 Å². The van der Waals surface area contributed by atoms with Crippen LogP contribution in [0.1, 0.15) is 26.2 Å². The van der Waals surface area contributed by atoms with Crippen molar-refractivity contribution in [1.29, 1.82) is 0 Å². The number of ether oxygens (including phenoxy) is 7. The number of benzene rings is 1. The Morgan fingerprint density at radius 3 is 1.32 bits per heavy atom. The molecule has 0 unspecified atom stereocenters. The molecule has 0 heterocycles. The van der Waals surface area contributed by atoms with Gasteiger partial charge in [0.1, 0.15) is 12.4 Å². The van der Waals surface area contributed by atoms with Gasteiger partial charge in [-0.3, -0.25) is 0 Å². The first-order chi connectivity index (χ1) is 15.3. The van der Waals surface area contributed by atoms with Crippen molar-refractivity contribution >= 4 is 5.69 Å². The van der Waals surface area contributed by atoms with E-state index in [-0.39, 0.29) is 0 Å². The van der Waals surface area contributed by atoms with Gasteiger partial charge in [-0.2, -0.15) is 0 Å². The molecule has 0 saturated heterocycles. The molecule has 1 aromatic rings. The molecular weight excluding hydrogens is 402 g/mol. The molecule has 0 aliphatic rings. The summed E-state index contributed by atoms with van der Waals surface area (Å²) in [6.07, 6.45) is 3.56. The molecule has 31 heavy (non-hydrogen) atoms. The summed E-state index contributed by atoms with van der Waals surface area (Å²) in [6.45, 7) is 9.63. The molecular formula is C23H41NO7. The van der Waals surface area contributed by atoms with Crippen LogP contribution < -0.4 is 10.5 Å². The summed E-state index contributed by atoms with van der Waals surface area (Å²) in [4.78, 5) is 0. The van der Waals surface area contributed by atoms with Crippen LogP contribution in [0.5, 0.6) is 5.75 Å². The lowest BCUT2D eigenvalue weighted by Gasteiger charge is -2.09. The normalized spacial score (nSPS) is 11.1. The summed E-state index contributed by atoms with van der Waals surface area (Å²) in [6, 6.07) is 7.29. The number of nitrogens with two attached hydrogens (primary N) is 1. The number of anilines is 1. The molecule has 1 rings (SSSR count). The average Bonchev–Trinajstić information content (AvgIpc) is 2.78. The topological polar surface area (TPSA) is 90.6 Å². The lowest BCUT2D eigenvalue weighted by Crippen LogP contribution is -2.14. The average molecular weight is 444 g/mol. The van der Waals surface area contributed by atoms with Crippen LogP contribution in [0.2, 0.25) is 0 Å². The summed E-state index contributed by atoms with van der Waals surface area (Å²) in [5.41, 5.74) is 6.34. The van der Waals surface area contributed by atoms with E-state index in [4.69, 9.17) is 38.9 Å². The van der Waals surface area contributed by atoms with Gasteiger partial charge >= 0.3 is 0 Å². The van der Waals surface area contributed by atoms with Crippen molar-refractivity contribution < 1.29 is 33.2 Å². The predicted molar refractivity (Wildman–Crippen MR) is 121 cm³/mol. The molecule has 2 N–H and O–H groups in total. The van der Waals surface area contributed by atoms with Gasteiger partial charge in [0, 0.05) is 12.3 Å². The molecule has 0 atom stereocenters. The van der Waals surface area contributed by atoms with Gasteiger partial charge in [-0.25, -0.2) is 0 Å². The number of unbranched alkanes of at least 4 members (excludes halogenated alkanes) is 2. The third-order valence-electron chi connectivity index (χ3n) is 4.13. The quantitative estimate of drug-likeness (QED) is 0.204. The van der Waals surface area contributed by atoms with Crippen molar-refractivity contribution in [2.75, 3.05) is 91.6 Å². The van der Waals surface area contributed by atoms with Crippen LogP contribution in [0, 0.1) is 0 Å². The Morgan fingerprint density at radius 1 is 0.516 bits per heavy atom. The molecule has 0 aliphatic carbocycles. The van der Waals surface area contributed by atoms with Crippen LogP contribution in [-0.4, -0.2) is 85.9 Å². The summed E-state index contributed by atoms with van der Waals surface area (Å²) in [5, 5.41) is 0. The number of rotatable bonds is 23. The largest absolute Gasteiger partial charge is 0.491 e. The Hall–Kier alpha value is -1.42. The van der Waals surface area contributed by atoms with E-state index in [2.05, 4.69) is 6.92 Å². The van der Waals surface area contributed by atoms with Gasteiger partial charge in [-0.05, 0) is 30.7 Å². The molecule has 180 valence electrons. The molecule has 8 nitrogen and oxygen atoms in total. The Bertz CT molecular complexity index is 487. The number of nitrogen functional groups attached to an aromatic ring is 1. The van der Waals surface area contributed by atoms with Gasteiger partial charge < -0.3 is 38.9 Å². The highest BCUT2D eigenvalue weighted by Crippen LogP contribution is 2.12. The van der Waals surface area contributed by atoms with Crippen LogP contribution in [0.25, 0.3) is 0 Å². The number of hydrogen-bond acceptors (Lipinski definition) is 8. The van der Waals surface area contributed by atoms with Crippen LogP contribution in [0.4, 0.5) is 5.69 Å². The Morgan fingerprint density at radius 2 is 0.903 bits per heavy atom. The van der Waals surface area contributed by atoms with E-state index in [9.17, 15) is 0 Å². The minimum absolute atomic E-state index is 0.491. The molecule has 0 amide bonds. The molecule has 1 aromatic carbocycles. The minimum Gasteiger partial charge on any atom is -0.491 e. The first kappa shape index (κ1) is 27.6. The van der Waals surface area contributed by atoms with Crippen LogP contribution in [-0.2, 0) is 28.4 Å². The smallest absolute Gasteiger partial charge is 0.119 e. The van der Waals surface area contributed by atoms with Crippen LogP contribution in [0.15, 0.2) is 24.3 Å². The highest BCUT2D eigenvalue weighted by molar-refractivity contribution is 5.41. The fourth-order valence-electron chi connectivity index (χ4n) is 2.44. The van der Waals surface area contributed by atoms with Crippen molar-refractivity contribution in [3.05, 3.63) is 24.3 Å². The van der Waals surface area contributed by atoms with Crippen molar-refractivity contribution in [2.24, 2.45) is 0 Å². The van der Waals surface area contributed by atoms with Gasteiger partial charge in [0.05, 0.1) is 72.7 Å². The molecule has 0 aromatic heterocycles. The van der Waals surface area contributed by atoms with Crippen LogP contribution >= 0.6 is 0 Å². The second-order valence-corrected chi connectivity index (χ2v) is 6.80. The predicted octanol–water partition coefficient (Wildman–Crippen LogP) is 2.94. The molecule has 0 radical (unpaired) electrons. The van der Waals surface area contributed by atoms with E-state index in [1.165, 1.54) is 12.8 Å². The fourth-order valence-corrected chi connectivity index (χ4v) is 2.44. The van der Waals surface area contributed by atoms with E-state index in [1.54, 1.807) is 12.1 Å². The van der Waals surface area contributed by atoms with Gasteiger partial charge in [0.2, 0.25) is 0 Å². The standard InChI is InChI=1S/C23H41NO7/c1-2-3-4-9-25-10-11-26-12-13-27-14-15-28-16-17-29-18-19-30-20-21-31-23-7-5-22(24)6-8-23/h5-8H,2-4,9-21,24H2,1H3. The van der Waals surface area contributed by atoms with E-state index < -0.39 is 0 Å². The highest BCUT2D eigenvalue weighted by Gasteiger charge is 1.96. The zero-order chi connectivity index (χ0) is 22.2. The van der Waals surface area contributed by atoms with Gasteiger partial charge in [-0.15, -0.1) is 0 Å². The van der Waals surface area contributed by atoms with Crippen molar-refractivity contribution in [3.8, 4) is 5.75 Å². The maximum Gasteiger partial charge on any atom is 0.119 e. The summed E-state index contributed by atoms with van der Waals surface area (Å²) in [7, 11) is 0. The third kappa shape index (κ3) is 19.0. The molecule has 0 saturated carbocycles. The van der Waals surface area contributed by atoms with Crippen LogP contribution in [0.3, 0.4) is 0 Å². The van der Waals surface area contributed by atoms with E-state index in [0.29, 0.717) is 79.3 Å². The second kappa shape index (κ2) is 21.8. The monoisotopic (exact) mass is 443 g/mol. The lowest BCUT2D eigenvalue weighted by atomic mass is 10.3. The first-order valence-electron chi connectivity index (χ1n) is 11.3. The molecule has 0 bridgehead atoms.